The molecule has 1 N–H and O–H groups in total. The Kier molecular flexibility index (Phi) is 4.95. The number of hydrogen-bond acceptors (Lipinski definition) is 1. The highest BCUT2D eigenvalue weighted by atomic mass is 16.3. The van der Waals surface area contributed by atoms with Crippen molar-refractivity contribution in [1.29, 1.82) is 0 Å². The maximum Gasteiger partial charge on any atom is 0.0540 e. The first-order valence-electron chi connectivity index (χ1n) is 3.64. The molecule has 0 fully saturated rings. The summed E-state index contributed by atoms with van der Waals surface area (Å²) in [5.41, 5.74) is 0. The molecule has 2 unspecified atom stereocenters. The molecule has 0 aliphatic heterocycles. The van der Waals surface area contributed by atoms with E-state index in [-0.39, 0.29) is 6.10 Å². The van der Waals surface area contributed by atoms with E-state index in [0.29, 0.717) is 5.92 Å². The molecule has 0 radical (unpaired) electrons. The highest BCUT2D eigenvalue weighted by Crippen LogP contribution is 2.07. The van der Waals surface area contributed by atoms with Crippen LogP contribution in [0.2, 0.25) is 0 Å². The van der Waals surface area contributed by atoms with Crippen molar-refractivity contribution in [2.24, 2.45) is 5.92 Å². The van der Waals surface area contributed by atoms with Crippen molar-refractivity contribution in [2.45, 2.75) is 26.4 Å². The minimum absolute atomic E-state index is 0.213. The largest absolute Gasteiger partial charge is 0.393 e. The molecular formula is C9H16O. The average molecular weight is 140 g/mol. The Balaban J connectivity index is 3.48. The van der Waals surface area contributed by atoms with E-state index in [1.165, 1.54) is 0 Å². The van der Waals surface area contributed by atoms with Crippen LogP contribution >= 0.6 is 0 Å². The number of hydrogen-bond donors (Lipinski definition) is 1. The van der Waals surface area contributed by atoms with Gasteiger partial charge >= 0.3 is 0 Å². The van der Waals surface area contributed by atoms with E-state index in [9.17, 15) is 0 Å². The van der Waals surface area contributed by atoms with Gasteiger partial charge < -0.3 is 5.11 Å². The summed E-state index contributed by atoms with van der Waals surface area (Å²) in [4.78, 5) is 0. The van der Waals surface area contributed by atoms with E-state index >= 15 is 0 Å². The Morgan fingerprint density at radius 2 is 2.10 bits per heavy atom. The van der Waals surface area contributed by atoms with Gasteiger partial charge in [0, 0.05) is 0 Å². The quantitative estimate of drug-likeness (QED) is 0.593. The highest BCUT2D eigenvalue weighted by Gasteiger charge is 2.04. The van der Waals surface area contributed by atoms with Crippen LogP contribution in [-0.4, -0.2) is 11.2 Å². The van der Waals surface area contributed by atoms with Gasteiger partial charge in [-0.05, 0) is 19.3 Å². The van der Waals surface area contributed by atoms with Crippen LogP contribution in [0.1, 0.15) is 20.3 Å². The van der Waals surface area contributed by atoms with E-state index in [1.807, 2.05) is 26.0 Å². The van der Waals surface area contributed by atoms with Crippen molar-refractivity contribution in [2.75, 3.05) is 0 Å². The van der Waals surface area contributed by atoms with Crippen LogP contribution in [0.3, 0.4) is 0 Å². The molecule has 0 heterocycles. The predicted octanol–water partition coefficient (Wildman–Crippen LogP) is 2.14. The van der Waals surface area contributed by atoms with Gasteiger partial charge in [-0.2, -0.15) is 0 Å². The number of aliphatic hydroxyl groups excluding tert-OH is 1. The molecule has 2 atom stereocenters. The van der Waals surface area contributed by atoms with E-state index < -0.39 is 0 Å². The molecule has 0 aliphatic carbocycles. The lowest BCUT2D eigenvalue weighted by Gasteiger charge is -2.10. The normalized spacial score (nSPS) is 17.1. The fourth-order valence-corrected chi connectivity index (χ4v) is 0.586. The Bertz CT molecular complexity index is 114. The maximum absolute atomic E-state index is 9.06. The second-order valence-electron chi connectivity index (χ2n) is 2.62. The molecule has 0 bridgehead atoms. The second kappa shape index (κ2) is 5.24. The molecule has 0 saturated carbocycles. The van der Waals surface area contributed by atoms with E-state index in [1.54, 1.807) is 6.08 Å². The maximum atomic E-state index is 9.06. The molecule has 1 heteroatoms. The van der Waals surface area contributed by atoms with Crippen molar-refractivity contribution in [3.05, 3.63) is 24.8 Å². The van der Waals surface area contributed by atoms with Crippen LogP contribution < -0.4 is 0 Å². The van der Waals surface area contributed by atoms with Crippen LogP contribution in [0, 0.1) is 5.92 Å². The average Bonchev–Trinajstić information content (AvgIpc) is 1.88. The monoisotopic (exact) mass is 140 g/mol. The molecule has 0 aliphatic rings. The Labute approximate surface area is 63.1 Å². The first-order chi connectivity index (χ1) is 4.68. The standard InChI is InChI=1S/C9H16O/c1-4-5-6-7-8(2)9(3)10/h4-6,8-10H,1,7H2,2-3H3. The molecule has 0 aromatic carbocycles. The van der Waals surface area contributed by atoms with Crippen LogP contribution in [0.15, 0.2) is 24.8 Å². The number of aliphatic hydroxyl groups is 1. The topological polar surface area (TPSA) is 20.2 Å². The van der Waals surface area contributed by atoms with Gasteiger partial charge in [-0.25, -0.2) is 0 Å². The molecule has 0 aromatic heterocycles. The van der Waals surface area contributed by atoms with Crippen LogP contribution in [0.25, 0.3) is 0 Å². The van der Waals surface area contributed by atoms with Crippen molar-refractivity contribution in [1.82, 2.24) is 0 Å². The van der Waals surface area contributed by atoms with Gasteiger partial charge in [-0.1, -0.05) is 31.7 Å². The molecule has 0 rings (SSSR count). The SMILES string of the molecule is C=CC=CCC(C)C(C)O. The summed E-state index contributed by atoms with van der Waals surface area (Å²) in [5.74, 6) is 0.344. The molecule has 1 nitrogen and oxygen atoms in total. The van der Waals surface area contributed by atoms with Gasteiger partial charge in [0.2, 0.25) is 0 Å². The van der Waals surface area contributed by atoms with E-state index in [2.05, 4.69) is 6.58 Å². The minimum atomic E-state index is -0.213. The molecule has 58 valence electrons. The zero-order valence-corrected chi connectivity index (χ0v) is 6.75. The van der Waals surface area contributed by atoms with Crippen molar-refractivity contribution in [3.63, 3.8) is 0 Å². The Morgan fingerprint density at radius 3 is 2.50 bits per heavy atom. The molecule has 0 spiro atoms. The third-order valence-electron chi connectivity index (χ3n) is 1.60. The van der Waals surface area contributed by atoms with Gasteiger partial charge in [-0.15, -0.1) is 0 Å². The summed E-state index contributed by atoms with van der Waals surface area (Å²) in [6, 6.07) is 0. The van der Waals surface area contributed by atoms with Gasteiger partial charge in [0.05, 0.1) is 6.10 Å². The Hall–Kier alpha value is -0.560. The molecule has 10 heavy (non-hydrogen) atoms. The summed E-state index contributed by atoms with van der Waals surface area (Å²) >= 11 is 0. The van der Waals surface area contributed by atoms with E-state index in [0.717, 1.165) is 6.42 Å². The van der Waals surface area contributed by atoms with Crippen molar-refractivity contribution < 1.29 is 5.11 Å². The summed E-state index contributed by atoms with van der Waals surface area (Å²) in [6.07, 6.45) is 6.37. The fourth-order valence-electron chi connectivity index (χ4n) is 0.586. The van der Waals surface area contributed by atoms with Crippen LogP contribution in [0.5, 0.6) is 0 Å². The van der Waals surface area contributed by atoms with Crippen LogP contribution in [0.4, 0.5) is 0 Å². The van der Waals surface area contributed by atoms with E-state index in [4.69, 9.17) is 5.11 Å². The van der Waals surface area contributed by atoms with Gasteiger partial charge in [0.15, 0.2) is 0 Å². The van der Waals surface area contributed by atoms with Gasteiger partial charge in [0.25, 0.3) is 0 Å². The molecular weight excluding hydrogens is 124 g/mol. The highest BCUT2D eigenvalue weighted by molar-refractivity contribution is 4.97. The second-order valence-corrected chi connectivity index (χ2v) is 2.62. The summed E-state index contributed by atoms with van der Waals surface area (Å²) in [7, 11) is 0. The lowest BCUT2D eigenvalue weighted by Crippen LogP contribution is -2.11. The molecule has 0 aromatic rings. The lowest BCUT2D eigenvalue weighted by molar-refractivity contribution is 0.136. The number of rotatable bonds is 4. The first-order valence-corrected chi connectivity index (χ1v) is 3.64. The van der Waals surface area contributed by atoms with Gasteiger partial charge in [-0.3, -0.25) is 0 Å². The summed E-state index contributed by atoms with van der Waals surface area (Å²) in [5, 5.41) is 9.06. The summed E-state index contributed by atoms with van der Waals surface area (Å²) in [6.45, 7) is 7.39. The molecule has 0 amide bonds. The zero-order chi connectivity index (χ0) is 7.98. The first kappa shape index (κ1) is 9.44. The summed E-state index contributed by atoms with van der Waals surface area (Å²) < 4.78 is 0. The van der Waals surface area contributed by atoms with Crippen molar-refractivity contribution in [3.8, 4) is 0 Å². The third kappa shape index (κ3) is 4.33. The number of allylic oxidation sites excluding steroid dienone is 3. The van der Waals surface area contributed by atoms with Gasteiger partial charge in [0.1, 0.15) is 0 Å². The zero-order valence-electron chi connectivity index (χ0n) is 6.75. The molecule has 0 saturated heterocycles. The smallest absolute Gasteiger partial charge is 0.0540 e. The van der Waals surface area contributed by atoms with Crippen LogP contribution in [-0.2, 0) is 0 Å². The Morgan fingerprint density at radius 1 is 1.50 bits per heavy atom. The minimum Gasteiger partial charge on any atom is -0.393 e. The predicted molar refractivity (Wildman–Crippen MR) is 44.8 cm³/mol. The fraction of sp³-hybridized carbons (Fsp3) is 0.556. The van der Waals surface area contributed by atoms with Crippen molar-refractivity contribution >= 4 is 0 Å². The lowest BCUT2D eigenvalue weighted by atomic mass is 10.0. The third-order valence-corrected chi connectivity index (χ3v) is 1.60.